The molecule has 0 saturated carbocycles. The van der Waals surface area contributed by atoms with Gasteiger partial charge in [-0.3, -0.25) is 9.89 Å². The Morgan fingerprint density at radius 2 is 1.89 bits per heavy atom. The van der Waals surface area contributed by atoms with Crippen LogP contribution in [0.3, 0.4) is 0 Å². The van der Waals surface area contributed by atoms with E-state index in [2.05, 4.69) is 59.7 Å². The normalized spacial score (nSPS) is 17.9. The molecule has 1 aliphatic rings. The summed E-state index contributed by atoms with van der Waals surface area (Å²) in [5.41, 5.74) is 1.24. The molecule has 6 heteroatoms. The van der Waals surface area contributed by atoms with Crippen LogP contribution < -0.4 is 10.6 Å². The molecule has 1 aromatic carbocycles. The smallest absolute Gasteiger partial charge is 0.191 e. The number of guanidine groups is 1. The Morgan fingerprint density at radius 3 is 2.54 bits per heavy atom. The Bertz CT molecular complexity index is 738. The number of furan rings is 1. The predicted molar refractivity (Wildman–Crippen MR) is 113 cm³/mol. The van der Waals surface area contributed by atoms with Gasteiger partial charge in [-0.05, 0) is 38.5 Å². The summed E-state index contributed by atoms with van der Waals surface area (Å²) in [5.74, 6) is 2.72. The maximum absolute atomic E-state index is 5.95. The van der Waals surface area contributed by atoms with Gasteiger partial charge in [0.15, 0.2) is 5.96 Å². The lowest BCUT2D eigenvalue weighted by Gasteiger charge is -2.32. The molecule has 0 spiro atoms. The summed E-state index contributed by atoms with van der Waals surface area (Å²) in [5, 5.41) is 6.88. The fourth-order valence-corrected chi connectivity index (χ4v) is 3.43. The molecular formula is C22H32N4O2. The molecular weight excluding hydrogens is 352 g/mol. The molecule has 3 rings (SSSR count). The van der Waals surface area contributed by atoms with Crippen LogP contribution in [-0.4, -0.2) is 50.3 Å². The summed E-state index contributed by atoms with van der Waals surface area (Å²) in [4.78, 5) is 7.29. The molecule has 0 radical (unpaired) electrons. The minimum absolute atomic E-state index is 0.111. The van der Waals surface area contributed by atoms with Gasteiger partial charge >= 0.3 is 0 Å². The van der Waals surface area contributed by atoms with E-state index in [0.29, 0.717) is 6.54 Å². The van der Waals surface area contributed by atoms with Crippen LogP contribution >= 0.6 is 0 Å². The number of benzene rings is 1. The van der Waals surface area contributed by atoms with Gasteiger partial charge in [0.05, 0.1) is 31.8 Å². The van der Waals surface area contributed by atoms with E-state index in [4.69, 9.17) is 14.1 Å². The van der Waals surface area contributed by atoms with Crippen molar-refractivity contribution in [3.05, 3.63) is 59.5 Å². The Labute approximate surface area is 168 Å². The molecule has 0 aliphatic carbocycles. The van der Waals surface area contributed by atoms with Crippen molar-refractivity contribution >= 4 is 5.96 Å². The van der Waals surface area contributed by atoms with Gasteiger partial charge in [0.2, 0.25) is 0 Å². The molecule has 2 heterocycles. The third-order valence-electron chi connectivity index (χ3n) is 5.00. The fourth-order valence-electron chi connectivity index (χ4n) is 3.43. The summed E-state index contributed by atoms with van der Waals surface area (Å²) in [6.45, 7) is 11.0. The van der Waals surface area contributed by atoms with Gasteiger partial charge in [0, 0.05) is 19.6 Å². The highest BCUT2D eigenvalue weighted by atomic mass is 16.5. The number of hydrogen-bond acceptors (Lipinski definition) is 4. The molecule has 1 aromatic heterocycles. The lowest BCUT2D eigenvalue weighted by molar-refractivity contribution is 0.0135. The Hall–Kier alpha value is -2.31. The second-order valence-electron chi connectivity index (χ2n) is 7.11. The summed E-state index contributed by atoms with van der Waals surface area (Å²) >= 11 is 0. The molecule has 28 heavy (non-hydrogen) atoms. The molecule has 0 amide bonds. The van der Waals surface area contributed by atoms with Crippen LogP contribution in [0.5, 0.6) is 0 Å². The average molecular weight is 385 g/mol. The fraction of sp³-hybridized carbons (Fsp3) is 0.500. The first-order chi connectivity index (χ1) is 13.7. The van der Waals surface area contributed by atoms with E-state index in [1.165, 1.54) is 5.56 Å². The first-order valence-electron chi connectivity index (χ1n) is 10.1. The minimum atomic E-state index is 0.111. The number of ether oxygens (including phenoxy) is 1. The monoisotopic (exact) mass is 384 g/mol. The van der Waals surface area contributed by atoms with Crippen LogP contribution in [0.1, 0.15) is 43.0 Å². The molecule has 2 atom stereocenters. The van der Waals surface area contributed by atoms with Crippen LogP contribution in [0.4, 0.5) is 0 Å². The topological polar surface area (TPSA) is 62.0 Å². The van der Waals surface area contributed by atoms with Gasteiger partial charge in [-0.2, -0.15) is 0 Å². The van der Waals surface area contributed by atoms with Crippen molar-refractivity contribution in [1.82, 2.24) is 15.5 Å². The zero-order valence-electron chi connectivity index (χ0n) is 17.1. The van der Waals surface area contributed by atoms with E-state index >= 15 is 0 Å². The summed E-state index contributed by atoms with van der Waals surface area (Å²) in [7, 11) is 0. The number of aliphatic imine (C=N–C) groups is 1. The molecule has 1 fully saturated rings. The maximum Gasteiger partial charge on any atom is 0.191 e. The van der Waals surface area contributed by atoms with Crippen molar-refractivity contribution in [2.24, 2.45) is 4.99 Å². The van der Waals surface area contributed by atoms with Crippen molar-refractivity contribution < 1.29 is 9.15 Å². The largest absolute Gasteiger partial charge is 0.465 e. The van der Waals surface area contributed by atoms with Crippen molar-refractivity contribution in [3.63, 3.8) is 0 Å². The van der Waals surface area contributed by atoms with Crippen molar-refractivity contribution in [3.8, 4) is 0 Å². The number of aryl methyl sites for hydroxylation is 1. The molecule has 1 saturated heterocycles. The minimum Gasteiger partial charge on any atom is -0.465 e. The first kappa shape index (κ1) is 20.4. The molecule has 2 unspecified atom stereocenters. The van der Waals surface area contributed by atoms with Crippen LogP contribution in [0.15, 0.2) is 51.9 Å². The average Bonchev–Trinajstić information content (AvgIpc) is 3.15. The molecule has 6 nitrogen and oxygen atoms in total. The van der Waals surface area contributed by atoms with Crippen LogP contribution in [0.25, 0.3) is 0 Å². The van der Waals surface area contributed by atoms with Crippen LogP contribution in [0.2, 0.25) is 0 Å². The highest BCUT2D eigenvalue weighted by Gasteiger charge is 2.25. The number of hydrogen-bond donors (Lipinski definition) is 2. The van der Waals surface area contributed by atoms with E-state index in [9.17, 15) is 0 Å². The summed E-state index contributed by atoms with van der Waals surface area (Å²) in [6.07, 6.45) is 0. The number of rotatable bonds is 7. The lowest BCUT2D eigenvalue weighted by Crippen LogP contribution is -2.42. The van der Waals surface area contributed by atoms with E-state index < -0.39 is 0 Å². The van der Waals surface area contributed by atoms with Crippen molar-refractivity contribution in [2.75, 3.05) is 39.4 Å². The standard InChI is InChI=1S/C22H32N4O2/c1-4-23-22(25-18(3)19-8-6-5-7-9-19)24-16-20(21-11-10-17(2)28-21)26-12-14-27-15-13-26/h5-11,18,20H,4,12-16H2,1-3H3,(H2,23,24,25). The summed E-state index contributed by atoms with van der Waals surface area (Å²) in [6, 6.07) is 14.8. The predicted octanol–water partition coefficient (Wildman–Crippen LogP) is 3.28. The van der Waals surface area contributed by atoms with Gasteiger partial charge in [-0.25, -0.2) is 0 Å². The molecule has 2 aromatic rings. The van der Waals surface area contributed by atoms with Crippen molar-refractivity contribution in [2.45, 2.75) is 32.9 Å². The summed E-state index contributed by atoms with van der Waals surface area (Å²) < 4.78 is 11.5. The third-order valence-corrected chi connectivity index (χ3v) is 5.00. The van der Waals surface area contributed by atoms with Gasteiger partial charge < -0.3 is 19.8 Å². The second kappa shape index (κ2) is 10.3. The van der Waals surface area contributed by atoms with E-state index in [1.54, 1.807) is 0 Å². The number of nitrogens with zero attached hydrogens (tertiary/aromatic N) is 2. The molecule has 0 bridgehead atoms. The number of nitrogens with one attached hydrogen (secondary N) is 2. The molecule has 1 aliphatic heterocycles. The zero-order chi connectivity index (χ0) is 19.8. The van der Waals surface area contributed by atoms with Gasteiger partial charge in [0.1, 0.15) is 11.5 Å². The zero-order valence-corrected chi connectivity index (χ0v) is 17.1. The van der Waals surface area contributed by atoms with Gasteiger partial charge in [-0.15, -0.1) is 0 Å². The highest BCUT2D eigenvalue weighted by molar-refractivity contribution is 5.80. The molecule has 2 N–H and O–H groups in total. The van der Waals surface area contributed by atoms with Crippen LogP contribution in [-0.2, 0) is 4.74 Å². The maximum atomic E-state index is 5.95. The van der Waals surface area contributed by atoms with E-state index in [0.717, 1.165) is 50.3 Å². The van der Waals surface area contributed by atoms with Gasteiger partial charge in [-0.1, -0.05) is 30.3 Å². The van der Waals surface area contributed by atoms with E-state index in [-0.39, 0.29) is 12.1 Å². The number of morpholine rings is 1. The SMILES string of the molecule is CCNC(=NCC(c1ccc(C)o1)N1CCOCC1)NC(C)c1ccccc1. The highest BCUT2D eigenvalue weighted by Crippen LogP contribution is 2.24. The Morgan fingerprint density at radius 1 is 1.14 bits per heavy atom. The first-order valence-corrected chi connectivity index (χ1v) is 10.1. The lowest BCUT2D eigenvalue weighted by atomic mass is 10.1. The quantitative estimate of drug-likeness (QED) is 0.567. The third kappa shape index (κ3) is 5.59. The van der Waals surface area contributed by atoms with Crippen molar-refractivity contribution in [1.29, 1.82) is 0 Å². The van der Waals surface area contributed by atoms with Crippen LogP contribution in [0, 0.1) is 6.92 Å². The molecule has 152 valence electrons. The second-order valence-corrected chi connectivity index (χ2v) is 7.11. The van der Waals surface area contributed by atoms with Gasteiger partial charge in [0.25, 0.3) is 0 Å². The Kier molecular flexibility index (Phi) is 7.51. The van der Waals surface area contributed by atoms with E-state index in [1.807, 2.05) is 19.1 Å². The Balaban J connectivity index is 1.73.